The van der Waals surface area contributed by atoms with Crippen molar-refractivity contribution in [2.45, 2.75) is 17.9 Å². The first-order valence-electron chi connectivity index (χ1n) is 9.53. The van der Waals surface area contributed by atoms with Gasteiger partial charge in [-0.1, -0.05) is 42.5 Å². The van der Waals surface area contributed by atoms with E-state index in [0.29, 0.717) is 11.4 Å². The number of hydrogen-bond donors (Lipinski definition) is 1. The van der Waals surface area contributed by atoms with E-state index in [1.54, 1.807) is 25.3 Å². The van der Waals surface area contributed by atoms with Gasteiger partial charge < -0.3 is 4.74 Å². The zero-order chi connectivity index (χ0) is 21.8. The summed E-state index contributed by atoms with van der Waals surface area (Å²) in [6.45, 7) is 1.81. The Bertz CT molecular complexity index is 1260. The molecule has 0 spiro atoms. The monoisotopic (exact) mass is 435 g/mol. The van der Waals surface area contributed by atoms with Crippen LogP contribution in [0.2, 0.25) is 0 Å². The fourth-order valence-electron chi connectivity index (χ4n) is 3.32. The van der Waals surface area contributed by atoms with Crippen LogP contribution >= 0.6 is 0 Å². The molecule has 0 bridgehead atoms. The molecule has 31 heavy (non-hydrogen) atoms. The standard InChI is InChI=1S/C22H21N5O3S/c1-16-14-20(12-13-21(16)27-15-23-25-26-27)31(28,29)24-22(17-6-4-3-5-7-17)18-8-10-19(30-2)11-9-18/h3-15,22,24H,1-2H3. The van der Waals surface area contributed by atoms with Crippen LogP contribution in [0.1, 0.15) is 22.7 Å². The molecule has 1 heterocycles. The maximum atomic E-state index is 13.3. The van der Waals surface area contributed by atoms with Gasteiger partial charge in [0.2, 0.25) is 10.0 Å². The summed E-state index contributed by atoms with van der Waals surface area (Å²) in [6.07, 6.45) is 1.46. The van der Waals surface area contributed by atoms with Crippen LogP contribution in [0.5, 0.6) is 5.75 Å². The van der Waals surface area contributed by atoms with Gasteiger partial charge in [-0.25, -0.2) is 13.1 Å². The lowest BCUT2D eigenvalue weighted by Gasteiger charge is -2.20. The fourth-order valence-corrected chi connectivity index (χ4v) is 4.62. The number of aromatic nitrogens is 4. The van der Waals surface area contributed by atoms with E-state index in [4.69, 9.17) is 4.74 Å². The second kappa shape index (κ2) is 8.66. The van der Waals surface area contributed by atoms with E-state index in [0.717, 1.165) is 16.7 Å². The predicted molar refractivity (Wildman–Crippen MR) is 115 cm³/mol. The number of tetrazole rings is 1. The third kappa shape index (κ3) is 4.47. The van der Waals surface area contributed by atoms with Gasteiger partial charge in [-0.2, -0.15) is 4.72 Å². The molecule has 0 saturated heterocycles. The highest BCUT2D eigenvalue weighted by Gasteiger charge is 2.23. The molecular weight excluding hydrogens is 414 g/mol. The third-order valence-electron chi connectivity index (χ3n) is 4.93. The van der Waals surface area contributed by atoms with Gasteiger partial charge in [0.1, 0.15) is 12.1 Å². The van der Waals surface area contributed by atoms with Gasteiger partial charge in [0, 0.05) is 0 Å². The molecule has 0 aliphatic carbocycles. The van der Waals surface area contributed by atoms with Gasteiger partial charge in [0.05, 0.1) is 23.7 Å². The van der Waals surface area contributed by atoms with Crippen molar-refractivity contribution in [3.63, 3.8) is 0 Å². The first-order valence-corrected chi connectivity index (χ1v) is 11.0. The normalized spacial score (nSPS) is 12.5. The minimum Gasteiger partial charge on any atom is -0.497 e. The summed E-state index contributed by atoms with van der Waals surface area (Å²) in [6, 6.07) is 21.0. The molecule has 1 aromatic heterocycles. The van der Waals surface area contributed by atoms with Gasteiger partial charge in [-0.3, -0.25) is 0 Å². The van der Waals surface area contributed by atoms with Crippen molar-refractivity contribution in [2.24, 2.45) is 0 Å². The smallest absolute Gasteiger partial charge is 0.241 e. The molecule has 0 aliphatic heterocycles. The van der Waals surface area contributed by atoms with E-state index < -0.39 is 16.1 Å². The summed E-state index contributed by atoms with van der Waals surface area (Å²) in [4.78, 5) is 0.163. The molecule has 9 heteroatoms. The topological polar surface area (TPSA) is 99.0 Å². The van der Waals surface area contributed by atoms with Crippen molar-refractivity contribution in [3.8, 4) is 11.4 Å². The number of rotatable bonds is 7. The highest BCUT2D eigenvalue weighted by molar-refractivity contribution is 7.89. The molecule has 158 valence electrons. The highest BCUT2D eigenvalue weighted by atomic mass is 32.2. The number of nitrogens with one attached hydrogen (secondary N) is 1. The molecular formula is C22H21N5O3S. The zero-order valence-corrected chi connectivity index (χ0v) is 17.8. The van der Waals surface area contributed by atoms with Gasteiger partial charge in [0.25, 0.3) is 0 Å². The fraction of sp³-hybridized carbons (Fsp3) is 0.136. The number of aryl methyl sites for hydroxylation is 1. The summed E-state index contributed by atoms with van der Waals surface area (Å²) in [5.41, 5.74) is 3.07. The van der Waals surface area contributed by atoms with Crippen LogP contribution in [0.4, 0.5) is 0 Å². The average molecular weight is 436 g/mol. The molecule has 4 rings (SSSR count). The number of methoxy groups -OCH3 is 1. The van der Waals surface area contributed by atoms with Gasteiger partial charge >= 0.3 is 0 Å². The molecule has 1 atom stereocenters. The Labute approximate surface area is 180 Å². The second-order valence-corrected chi connectivity index (χ2v) is 8.65. The minimum atomic E-state index is -3.82. The lowest BCUT2D eigenvalue weighted by molar-refractivity contribution is 0.414. The van der Waals surface area contributed by atoms with E-state index in [-0.39, 0.29) is 4.90 Å². The summed E-state index contributed by atoms with van der Waals surface area (Å²) < 4.78 is 36.1. The summed E-state index contributed by atoms with van der Waals surface area (Å²) in [5, 5.41) is 11.1. The van der Waals surface area contributed by atoms with Crippen LogP contribution in [0, 0.1) is 6.92 Å². The Morgan fingerprint density at radius 1 is 0.968 bits per heavy atom. The molecule has 4 aromatic rings. The molecule has 0 radical (unpaired) electrons. The van der Waals surface area contributed by atoms with E-state index >= 15 is 0 Å². The average Bonchev–Trinajstić information content (AvgIpc) is 3.33. The Balaban J connectivity index is 1.69. The van der Waals surface area contributed by atoms with Crippen LogP contribution in [-0.2, 0) is 10.0 Å². The van der Waals surface area contributed by atoms with Crippen LogP contribution in [0.15, 0.2) is 84.0 Å². The molecule has 1 unspecified atom stereocenters. The number of nitrogens with zero attached hydrogens (tertiary/aromatic N) is 4. The number of benzene rings is 3. The first kappa shape index (κ1) is 20.7. The van der Waals surface area contributed by atoms with Crippen molar-refractivity contribution >= 4 is 10.0 Å². The highest BCUT2D eigenvalue weighted by Crippen LogP contribution is 2.27. The lowest BCUT2D eigenvalue weighted by Crippen LogP contribution is -2.29. The third-order valence-corrected chi connectivity index (χ3v) is 6.35. The molecule has 0 saturated carbocycles. The number of hydrogen-bond acceptors (Lipinski definition) is 6. The van der Waals surface area contributed by atoms with Gasteiger partial charge in [0.15, 0.2) is 0 Å². The van der Waals surface area contributed by atoms with Crippen molar-refractivity contribution in [2.75, 3.05) is 7.11 Å². The van der Waals surface area contributed by atoms with Crippen LogP contribution in [0.25, 0.3) is 5.69 Å². The molecule has 1 N–H and O–H groups in total. The van der Waals surface area contributed by atoms with Crippen LogP contribution in [-0.4, -0.2) is 35.7 Å². The van der Waals surface area contributed by atoms with Crippen LogP contribution in [0.3, 0.4) is 0 Å². The van der Waals surface area contributed by atoms with Crippen LogP contribution < -0.4 is 9.46 Å². The summed E-state index contributed by atoms with van der Waals surface area (Å²) in [5.74, 6) is 0.701. The lowest BCUT2D eigenvalue weighted by atomic mass is 10.00. The van der Waals surface area contributed by atoms with Gasteiger partial charge in [-0.05, 0) is 64.4 Å². The Morgan fingerprint density at radius 2 is 1.68 bits per heavy atom. The minimum absolute atomic E-state index is 0.163. The van der Waals surface area contributed by atoms with Crippen molar-refractivity contribution in [1.29, 1.82) is 0 Å². The van der Waals surface area contributed by atoms with E-state index in [1.165, 1.54) is 11.0 Å². The molecule has 8 nitrogen and oxygen atoms in total. The van der Waals surface area contributed by atoms with Crippen molar-refractivity contribution < 1.29 is 13.2 Å². The number of sulfonamides is 1. The molecule has 0 amide bonds. The molecule has 0 fully saturated rings. The van der Waals surface area contributed by atoms with Crippen molar-refractivity contribution in [1.82, 2.24) is 24.9 Å². The Hall–Kier alpha value is -3.56. The molecule has 3 aromatic carbocycles. The first-order chi connectivity index (χ1) is 15.0. The van der Waals surface area contributed by atoms with E-state index in [9.17, 15) is 8.42 Å². The Morgan fingerprint density at radius 3 is 2.29 bits per heavy atom. The van der Waals surface area contributed by atoms with Gasteiger partial charge in [-0.15, -0.1) is 5.10 Å². The Kier molecular flexibility index (Phi) is 5.79. The summed E-state index contributed by atoms with van der Waals surface area (Å²) in [7, 11) is -2.23. The van der Waals surface area contributed by atoms with E-state index in [2.05, 4.69) is 20.2 Å². The largest absolute Gasteiger partial charge is 0.497 e. The molecule has 0 aliphatic rings. The quantitative estimate of drug-likeness (QED) is 0.479. The van der Waals surface area contributed by atoms with Crippen molar-refractivity contribution in [3.05, 3.63) is 95.8 Å². The number of ether oxygens (including phenoxy) is 1. The second-order valence-electron chi connectivity index (χ2n) is 6.94. The SMILES string of the molecule is COc1ccc(C(NS(=O)(=O)c2ccc(-n3cnnn3)c(C)c2)c2ccccc2)cc1. The maximum absolute atomic E-state index is 13.3. The summed E-state index contributed by atoms with van der Waals surface area (Å²) >= 11 is 0. The zero-order valence-electron chi connectivity index (χ0n) is 17.0. The predicted octanol–water partition coefficient (Wildman–Crippen LogP) is 3.05. The van der Waals surface area contributed by atoms with E-state index in [1.807, 2.05) is 61.5 Å². The maximum Gasteiger partial charge on any atom is 0.241 e.